The molecule has 0 aliphatic heterocycles. The van der Waals surface area contributed by atoms with Crippen molar-refractivity contribution in [1.82, 2.24) is 0 Å². The molecule has 5 heteroatoms. The summed E-state index contributed by atoms with van der Waals surface area (Å²) in [5.74, 6) is -1.03. The van der Waals surface area contributed by atoms with Crippen LogP contribution < -0.4 is 10.5 Å². The molecular formula is C15H15F2NOS. The number of hydrogen-bond acceptors (Lipinski definition) is 3. The fraction of sp³-hybridized carbons (Fsp3) is 0.200. The quantitative estimate of drug-likeness (QED) is 0.920. The average molecular weight is 295 g/mol. The first kappa shape index (κ1) is 14.8. The molecule has 20 heavy (non-hydrogen) atoms. The first-order valence-electron chi connectivity index (χ1n) is 6.08. The van der Waals surface area contributed by atoms with Crippen molar-refractivity contribution in [3.63, 3.8) is 0 Å². The summed E-state index contributed by atoms with van der Waals surface area (Å²) in [4.78, 5) is 1.48. The molecule has 0 heterocycles. The summed E-state index contributed by atoms with van der Waals surface area (Å²) in [7, 11) is 1.58. The van der Waals surface area contributed by atoms with Gasteiger partial charge in [0.25, 0.3) is 0 Å². The third kappa shape index (κ3) is 3.11. The van der Waals surface area contributed by atoms with Gasteiger partial charge in [-0.15, -0.1) is 0 Å². The predicted octanol–water partition coefficient (Wildman–Crippen LogP) is 4.14. The lowest BCUT2D eigenvalue weighted by Crippen LogP contribution is -2.08. The zero-order valence-electron chi connectivity index (χ0n) is 11.2. The minimum Gasteiger partial charge on any atom is -0.496 e. The lowest BCUT2D eigenvalue weighted by molar-refractivity contribution is 0.405. The van der Waals surface area contributed by atoms with Crippen LogP contribution in [0.1, 0.15) is 18.5 Å². The zero-order valence-corrected chi connectivity index (χ0v) is 12.0. The summed E-state index contributed by atoms with van der Waals surface area (Å²) in [5, 5.41) is 0. The van der Waals surface area contributed by atoms with Crippen molar-refractivity contribution in [2.24, 2.45) is 5.73 Å². The van der Waals surface area contributed by atoms with Crippen molar-refractivity contribution in [3.8, 4) is 5.75 Å². The van der Waals surface area contributed by atoms with E-state index < -0.39 is 11.6 Å². The van der Waals surface area contributed by atoms with Crippen molar-refractivity contribution < 1.29 is 13.5 Å². The highest BCUT2D eigenvalue weighted by Gasteiger charge is 2.14. The molecule has 2 aromatic rings. The van der Waals surface area contributed by atoms with Gasteiger partial charge < -0.3 is 10.5 Å². The Hall–Kier alpha value is -1.59. The number of hydrogen-bond donors (Lipinski definition) is 1. The van der Waals surface area contributed by atoms with Crippen LogP contribution in [0.25, 0.3) is 0 Å². The molecule has 1 atom stereocenters. The SMILES string of the molecule is COc1cccc(Sc2ccc(F)c(F)c2)c1[C@H](C)N. The number of halogens is 2. The second-order valence-corrected chi connectivity index (χ2v) is 5.45. The van der Waals surface area contributed by atoms with Gasteiger partial charge in [-0.2, -0.15) is 0 Å². The van der Waals surface area contributed by atoms with E-state index in [9.17, 15) is 8.78 Å². The zero-order chi connectivity index (χ0) is 14.7. The molecule has 2 aromatic carbocycles. The van der Waals surface area contributed by atoms with E-state index in [4.69, 9.17) is 10.5 Å². The smallest absolute Gasteiger partial charge is 0.159 e. The van der Waals surface area contributed by atoms with E-state index in [-0.39, 0.29) is 6.04 Å². The van der Waals surface area contributed by atoms with Crippen LogP contribution in [0.2, 0.25) is 0 Å². The highest BCUT2D eigenvalue weighted by Crippen LogP contribution is 2.37. The molecule has 2 N–H and O–H groups in total. The molecule has 0 amide bonds. The van der Waals surface area contributed by atoms with E-state index in [1.54, 1.807) is 7.11 Å². The van der Waals surface area contributed by atoms with Crippen LogP contribution in [0.3, 0.4) is 0 Å². The van der Waals surface area contributed by atoms with Gasteiger partial charge in [0.15, 0.2) is 11.6 Å². The summed E-state index contributed by atoms with van der Waals surface area (Å²) in [5.41, 5.74) is 6.82. The lowest BCUT2D eigenvalue weighted by Gasteiger charge is -2.16. The first-order chi connectivity index (χ1) is 9.52. The maximum atomic E-state index is 13.2. The lowest BCUT2D eigenvalue weighted by atomic mass is 10.1. The molecule has 0 radical (unpaired) electrons. The van der Waals surface area contributed by atoms with Crippen LogP contribution in [0.4, 0.5) is 8.78 Å². The molecule has 0 aliphatic carbocycles. The molecule has 0 bridgehead atoms. The maximum Gasteiger partial charge on any atom is 0.159 e. The Labute approximate surface area is 120 Å². The maximum absolute atomic E-state index is 13.2. The molecular weight excluding hydrogens is 280 g/mol. The van der Waals surface area contributed by atoms with Gasteiger partial charge in [0.1, 0.15) is 5.75 Å². The Bertz CT molecular complexity index is 617. The molecule has 0 fully saturated rings. The van der Waals surface area contributed by atoms with Gasteiger partial charge in [0, 0.05) is 21.4 Å². The normalized spacial score (nSPS) is 12.2. The molecule has 0 saturated heterocycles. The topological polar surface area (TPSA) is 35.2 Å². The Kier molecular flexibility index (Phi) is 4.62. The second-order valence-electron chi connectivity index (χ2n) is 4.34. The standard InChI is InChI=1S/C15H15F2NOS/c1-9(18)15-13(19-2)4-3-5-14(15)20-10-6-7-11(16)12(17)8-10/h3-9H,18H2,1-2H3/t9-/m0/s1. The predicted molar refractivity (Wildman–Crippen MR) is 76.1 cm³/mol. The van der Waals surface area contributed by atoms with Crippen LogP contribution in [0.5, 0.6) is 5.75 Å². The van der Waals surface area contributed by atoms with E-state index in [0.29, 0.717) is 10.6 Å². The van der Waals surface area contributed by atoms with Crippen LogP contribution in [0.15, 0.2) is 46.2 Å². The summed E-state index contributed by atoms with van der Waals surface area (Å²) in [6.07, 6.45) is 0. The Morgan fingerprint density at radius 3 is 2.50 bits per heavy atom. The fourth-order valence-corrected chi connectivity index (χ4v) is 3.00. The minimum atomic E-state index is -0.861. The van der Waals surface area contributed by atoms with Crippen molar-refractivity contribution in [1.29, 1.82) is 0 Å². The van der Waals surface area contributed by atoms with Gasteiger partial charge in [0.2, 0.25) is 0 Å². The molecule has 2 rings (SSSR count). The van der Waals surface area contributed by atoms with E-state index >= 15 is 0 Å². The fourth-order valence-electron chi connectivity index (χ4n) is 1.91. The second kappa shape index (κ2) is 6.24. The largest absolute Gasteiger partial charge is 0.496 e. The van der Waals surface area contributed by atoms with Crippen LogP contribution in [-0.2, 0) is 0 Å². The van der Waals surface area contributed by atoms with Crippen molar-refractivity contribution >= 4 is 11.8 Å². The monoisotopic (exact) mass is 295 g/mol. The Morgan fingerprint density at radius 2 is 1.90 bits per heavy atom. The number of rotatable bonds is 4. The summed E-state index contributed by atoms with van der Waals surface area (Å²) in [6, 6.07) is 9.15. The molecule has 0 aliphatic rings. The number of benzene rings is 2. The van der Waals surface area contributed by atoms with Gasteiger partial charge in [-0.05, 0) is 37.3 Å². The number of methoxy groups -OCH3 is 1. The molecule has 0 aromatic heterocycles. The summed E-state index contributed by atoms with van der Waals surface area (Å²) >= 11 is 1.33. The van der Waals surface area contributed by atoms with Crippen LogP contribution in [-0.4, -0.2) is 7.11 Å². The van der Waals surface area contributed by atoms with Gasteiger partial charge in [-0.1, -0.05) is 17.8 Å². The highest BCUT2D eigenvalue weighted by molar-refractivity contribution is 7.99. The Balaban J connectivity index is 2.40. The number of nitrogens with two attached hydrogens (primary N) is 1. The van der Waals surface area contributed by atoms with Crippen molar-refractivity contribution in [2.75, 3.05) is 7.11 Å². The van der Waals surface area contributed by atoms with E-state index in [0.717, 1.165) is 16.5 Å². The molecule has 0 unspecified atom stereocenters. The summed E-state index contributed by atoms with van der Waals surface area (Å²) < 4.78 is 31.5. The highest BCUT2D eigenvalue weighted by atomic mass is 32.2. The summed E-state index contributed by atoms with van der Waals surface area (Å²) in [6.45, 7) is 1.85. The third-order valence-electron chi connectivity index (χ3n) is 2.82. The van der Waals surface area contributed by atoms with Crippen LogP contribution >= 0.6 is 11.8 Å². The molecule has 0 saturated carbocycles. The van der Waals surface area contributed by atoms with Crippen LogP contribution in [0, 0.1) is 11.6 Å². The van der Waals surface area contributed by atoms with E-state index in [2.05, 4.69) is 0 Å². The average Bonchev–Trinajstić information content (AvgIpc) is 2.42. The molecule has 2 nitrogen and oxygen atoms in total. The first-order valence-corrected chi connectivity index (χ1v) is 6.90. The Morgan fingerprint density at radius 1 is 1.15 bits per heavy atom. The minimum absolute atomic E-state index is 0.223. The van der Waals surface area contributed by atoms with E-state index in [1.807, 2.05) is 25.1 Å². The van der Waals surface area contributed by atoms with Crippen molar-refractivity contribution in [2.45, 2.75) is 22.8 Å². The number of ether oxygens (including phenoxy) is 1. The van der Waals surface area contributed by atoms with Gasteiger partial charge in [-0.3, -0.25) is 0 Å². The van der Waals surface area contributed by atoms with Gasteiger partial charge >= 0.3 is 0 Å². The molecule has 0 spiro atoms. The van der Waals surface area contributed by atoms with Gasteiger partial charge in [0.05, 0.1) is 7.11 Å². The van der Waals surface area contributed by atoms with Crippen molar-refractivity contribution in [3.05, 3.63) is 53.6 Å². The van der Waals surface area contributed by atoms with Gasteiger partial charge in [-0.25, -0.2) is 8.78 Å². The molecule has 106 valence electrons. The third-order valence-corrected chi connectivity index (χ3v) is 3.89. The van der Waals surface area contributed by atoms with E-state index in [1.165, 1.54) is 23.9 Å².